The van der Waals surface area contributed by atoms with Crippen molar-refractivity contribution in [2.45, 2.75) is 19.4 Å². The van der Waals surface area contributed by atoms with E-state index >= 15 is 0 Å². The number of aliphatic hydroxyl groups excluding tert-OH is 1. The minimum absolute atomic E-state index is 0.0345. The van der Waals surface area contributed by atoms with Gasteiger partial charge in [0.05, 0.1) is 12.1 Å². The van der Waals surface area contributed by atoms with Crippen LogP contribution in [0.2, 0.25) is 5.28 Å². The molecular formula is C11H15ClN6O. The molecule has 0 aromatic carbocycles. The Morgan fingerprint density at radius 1 is 1.37 bits per heavy atom. The Labute approximate surface area is 115 Å². The topological polar surface area (TPSA) is 80.0 Å². The number of hydrogen-bond donors (Lipinski definition) is 1. The second-order valence-electron chi connectivity index (χ2n) is 4.70. The lowest BCUT2D eigenvalue weighted by Gasteiger charge is -2.33. The highest BCUT2D eigenvalue weighted by Crippen LogP contribution is 2.20. The largest absolute Gasteiger partial charge is 0.394 e. The van der Waals surface area contributed by atoms with Gasteiger partial charge in [-0.3, -0.25) is 4.57 Å². The molecule has 0 aliphatic carbocycles. The van der Waals surface area contributed by atoms with Crippen LogP contribution >= 0.6 is 11.6 Å². The van der Waals surface area contributed by atoms with Gasteiger partial charge in [-0.2, -0.15) is 15.0 Å². The molecule has 0 saturated carbocycles. The summed E-state index contributed by atoms with van der Waals surface area (Å²) in [6.07, 6.45) is 4.91. The van der Waals surface area contributed by atoms with Gasteiger partial charge >= 0.3 is 0 Å². The summed E-state index contributed by atoms with van der Waals surface area (Å²) in [5.41, 5.74) is -0.503. The van der Waals surface area contributed by atoms with Crippen LogP contribution in [0.4, 0.5) is 5.95 Å². The van der Waals surface area contributed by atoms with Crippen LogP contribution in [0, 0.1) is 0 Å². The molecule has 2 rings (SSSR count). The first-order valence-electron chi connectivity index (χ1n) is 5.68. The lowest BCUT2D eigenvalue weighted by molar-refractivity contribution is 0.215. The van der Waals surface area contributed by atoms with Crippen molar-refractivity contribution >= 4 is 17.5 Å². The summed E-state index contributed by atoms with van der Waals surface area (Å²) < 4.78 is 1.64. The van der Waals surface area contributed by atoms with Crippen molar-refractivity contribution in [3.63, 3.8) is 0 Å². The van der Waals surface area contributed by atoms with E-state index in [1.54, 1.807) is 35.2 Å². The normalized spacial score (nSPS) is 11.6. The minimum Gasteiger partial charge on any atom is -0.394 e. The van der Waals surface area contributed by atoms with Gasteiger partial charge in [0.15, 0.2) is 0 Å². The maximum atomic E-state index is 9.39. The average Bonchev–Trinajstić information content (AvgIpc) is 2.91. The maximum Gasteiger partial charge on any atom is 0.241 e. The third-order valence-electron chi connectivity index (χ3n) is 2.91. The first kappa shape index (κ1) is 13.7. The molecule has 0 aliphatic rings. The van der Waals surface area contributed by atoms with Crippen molar-refractivity contribution in [3.8, 4) is 5.95 Å². The van der Waals surface area contributed by atoms with Crippen LogP contribution in [0.15, 0.2) is 18.7 Å². The summed E-state index contributed by atoms with van der Waals surface area (Å²) in [6, 6.07) is 0. The van der Waals surface area contributed by atoms with E-state index in [1.165, 1.54) is 0 Å². The molecule has 0 bridgehead atoms. The zero-order chi connectivity index (χ0) is 14.0. The van der Waals surface area contributed by atoms with Crippen LogP contribution in [-0.4, -0.2) is 48.8 Å². The van der Waals surface area contributed by atoms with E-state index in [1.807, 2.05) is 13.8 Å². The Balaban J connectivity index is 2.43. The first-order valence-corrected chi connectivity index (χ1v) is 6.06. The van der Waals surface area contributed by atoms with Crippen LogP contribution in [0.3, 0.4) is 0 Å². The molecule has 2 heterocycles. The van der Waals surface area contributed by atoms with E-state index in [4.69, 9.17) is 11.6 Å². The van der Waals surface area contributed by atoms with Gasteiger partial charge in [-0.15, -0.1) is 0 Å². The molecular weight excluding hydrogens is 268 g/mol. The standard InChI is InChI=1S/C11H15ClN6O/c1-11(2,6-19)17(3)9-14-8(12)15-10(16-9)18-5-4-13-7-18/h4-5,7,19H,6H2,1-3H3. The molecule has 0 radical (unpaired) electrons. The number of hydrogen-bond acceptors (Lipinski definition) is 6. The van der Waals surface area contributed by atoms with Gasteiger partial charge in [0.2, 0.25) is 17.2 Å². The van der Waals surface area contributed by atoms with Crippen molar-refractivity contribution in [2.75, 3.05) is 18.6 Å². The molecule has 102 valence electrons. The van der Waals surface area contributed by atoms with E-state index < -0.39 is 5.54 Å². The van der Waals surface area contributed by atoms with Crippen LogP contribution in [-0.2, 0) is 0 Å². The number of aliphatic hydroxyl groups is 1. The molecule has 0 saturated heterocycles. The lowest BCUT2D eigenvalue weighted by atomic mass is 10.1. The highest BCUT2D eigenvalue weighted by Gasteiger charge is 2.25. The third kappa shape index (κ3) is 2.82. The van der Waals surface area contributed by atoms with Gasteiger partial charge in [-0.25, -0.2) is 4.98 Å². The summed E-state index contributed by atoms with van der Waals surface area (Å²) in [6.45, 7) is 3.72. The van der Waals surface area contributed by atoms with Gasteiger partial charge in [0.25, 0.3) is 0 Å². The van der Waals surface area contributed by atoms with Crippen LogP contribution in [0.5, 0.6) is 0 Å². The predicted molar refractivity (Wildman–Crippen MR) is 71.5 cm³/mol. The van der Waals surface area contributed by atoms with Crippen LogP contribution < -0.4 is 4.90 Å². The number of rotatable bonds is 4. The number of nitrogens with zero attached hydrogens (tertiary/aromatic N) is 6. The highest BCUT2D eigenvalue weighted by atomic mass is 35.5. The van der Waals surface area contributed by atoms with Gasteiger partial charge in [-0.1, -0.05) is 0 Å². The summed E-state index contributed by atoms with van der Waals surface area (Å²) in [4.78, 5) is 18.1. The second-order valence-corrected chi connectivity index (χ2v) is 5.04. The fraction of sp³-hybridized carbons (Fsp3) is 0.455. The van der Waals surface area contributed by atoms with Gasteiger partial charge in [0.1, 0.15) is 6.33 Å². The first-order chi connectivity index (χ1) is 8.94. The summed E-state index contributed by atoms with van der Waals surface area (Å²) in [5, 5.41) is 9.48. The van der Waals surface area contributed by atoms with E-state index in [9.17, 15) is 5.11 Å². The van der Waals surface area contributed by atoms with Gasteiger partial charge in [-0.05, 0) is 25.4 Å². The minimum atomic E-state index is -0.503. The van der Waals surface area contributed by atoms with E-state index in [-0.39, 0.29) is 11.9 Å². The molecule has 7 nitrogen and oxygen atoms in total. The number of aromatic nitrogens is 5. The molecule has 0 aliphatic heterocycles. The number of imidazole rings is 1. The summed E-state index contributed by atoms with van der Waals surface area (Å²) >= 11 is 5.92. The second kappa shape index (κ2) is 5.10. The van der Waals surface area contributed by atoms with Crippen molar-refractivity contribution in [1.29, 1.82) is 0 Å². The van der Waals surface area contributed by atoms with Crippen molar-refractivity contribution < 1.29 is 5.11 Å². The summed E-state index contributed by atoms with van der Waals surface area (Å²) in [7, 11) is 1.79. The van der Waals surface area contributed by atoms with E-state index in [2.05, 4.69) is 19.9 Å². The monoisotopic (exact) mass is 282 g/mol. The maximum absolute atomic E-state index is 9.39. The molecule has 0 fully saturated rings. The molecule has 2 aromatic heterocycles. The fourth-order valence-corrected chi connectivity index (χ4v) is 1.50. The molecule has 0 unspecified atom stereocenters. The molecule has 0 atom stereocenters. The molecule has 19 heavy (non-hydrogen) atoms. The van der Waals surface area contributed by atoms with Crippen LogP contribution in [0.1, 0.15) is 13.8 Å². The highest BCUT2D eigenvalue weighted by molar-refractivity contribution is 6.28. The molecule has 0 spiro atoms. The Kier molecular flexibility index (Phi) is 3.68. The van der Waals surface area contributed by atoms with E-state index in [0.717, 1.165) is 0 Å². The lowest BCUT2D eigenvalue weighted by Crippen LogP contribution is -2.45. The zero-order valence-electron chi connectivity index (χ0n) is 10.9. The Morgan fingerprint density at radius 3 is 2.68 bits per heavy atom. The number of anilines is 1. The van der Waals surface area contributed by atoms with Crippen molar-refractivity contribution in [2.24, 2.45) is 0 Å². The number of likely N-dealkylation sites (N-methyl/N-ethyl adjacent to an activating group) is 1. The van der Waals surface area contributed by atoms with Gasteiger partial charge in [0, 0.05) is 19.4 Å². The third-order valence-corrected chi connectivity index (χ3v) is 3.08. The Hall–Kier alpha value is -1.73. The number of halogens is 1. The smallest absolute Gasteiger partial charge is 0.241 e. The van der Waals surface area contributed by atoms with Crippen LogP contribution in [0.25, 0.3) is 5.95 Å². The average molecular weight is 283 g/mol. The Morgan fingerprint density at radius 2 is 2.11 bits per heavy atom. The Bertz CT molecular complexity index is 556. The summed E-state index contributed by atoms with van der Waals surface area (Å²) in [5.74, 6) is 0.774. The van der Waals surface area contributed by atoms with E-state index in [0.29, 0.717) is 11.9 Å². The quantitative estimate of drug-likeness (QED) is 0.898. The molecule has 0 amide bonds. The molecule has 2 aromatic rings. The van der Waals surface area contributed by atoms with Gasteiger partial charge < -0.3 is 10.0 Å². The molecule has 1 N–H and O–H groups in total. The SMILES string of the molecule is CN(c1nc(Cl)nc(-n2ccnc2)n1)C(C)(C)CO. The molecule has 8 heteroatoms. The van der Waals surface area contributed by atoms with Crippen molar-refractivity contribution in [1.82, 2.24) is 24.5 Å². The predicted octanol–water partition coefficient (Wildman–Crippen LogP) is 0.918. The fourth-order valence-electron chi connectivity index (χ4n) is 1.35. The van der Waals surface area contributed by atoms with Crippen molar-refractivity contribution in [3.05, 3.63) is 24.0 Å². The zero-order valence-corrected chi connectivity index (χ0v) is 11.7.